The van der Waals surface area contributed by atoms with Gasteiger partial charge in [0.15, 0.2) is 0 Å². The monoisotopic (exact) mass is 335 g/mol. The lowest BCUT2D eigenvalue weighted by Gasteiger charge is -2.22. The van der Waals surface area contributed by atoms with Crippen molar-refractivity contribution >= 4 is 34.6 Å². The number of rotatable bonds is 3. The molecule has 3 rings (SSSR count). The van der Waals surface area contributed by atoms with E-state index in [0.29, 0.717) is 30.9 Å². The average molecular weight is 335 g/mol. The Labute approximate surface area is 137 Å². The molecule has 2 saturated heterocycles. The summed E-state index contributed by atoms with van der Waals surface area (Å²) in [6.45, 7) is 0.867. The van der Waals surface area contributed by atoms with Crippen molar-refractivity contribution < 1.29 is 19.1 Å². The number of ether oxygens (including phenoxy) is 1. The fourth-order valence-electron chi connectivity index (χ4n) is 2.80. The third-order valence-corrected chi connectivity index (χ3v) is 4.78. The van der Waals surface area contributed by atoms with Crippen LogP contribution in [0.2, 0.25) is 0 Å². The van der Waals surface area contributed by atoms with E-state index < -0.39 is 0 Å². The van der Waals surface area contributed by atoms with Gasteiger partial charge >= 0.3 is 6.03 Å². The molecule has 1 aromatic carbocycles. The fraction of sp³-hybridized carbons (Fsp3) is 0.400. The van der Waals surface area contributed by atoms with Crippen LogP contribution in [0.3, 0.4) is 0 Å². The van der Waals surface area contributed by atoms with Crippen LogP contribution in [-0.2, 0) is 4.79 Å². The maximum atomic E-state index is 12.4. The van der Waals surface area contributed by atoms with Crippen molar-refractivity contribution in [1.29, 1.82) is 0 Å². The van der Waals surface area contributed by atoms with E-state index in [9.17, 15) is 14.4 Å². The van der Waals surface area contributed by atoms with Gasteiger partial charge in [-0.05, 0) is 18.6 Å². The molecule has 0 aliphatic carbocycles. The van der Waals surface area contributed by atoms with Crippen LogP contribution in [0.5, 0.6) is 5.75 Å². The quantitative estimate of drug-likeness (QED) is 0.914. The van der Waals surface area contributed by atoms with Gasteiger partial charge in [0.05, 0.1) is 24.6 Å². The van der Waals surface area contributed by atoms with E-state index in [0.717, 1.165) is 11.8 Å². The molecule has 2 aliphatic heterocycles. The molecule has 23 heavy (non-hydrogen) atoms. The zero-order valence-electron chi connectivity index (χ0n) is 12.7. The number of carbonyl (C=O) groups is 3. The van der Waals surface area contributed by atoms with E-state index in [1.807, 2.05) is 12.1 Å². The predicted molar refractivity (Wildman–Crippen MR) is 86.7 cm³/mol. The Bertz CT molecular complexity index is 635. The number of hydrogen-bond acceptors (Lipinski definition) is 5. The Balaban J connectivity index is 1.63. The molecule has 7 nitrogen and oxygen atoms in total. The summed E-state index contributed by atoms with van der Waals surface area (Å²) in [6.07, 6.45) is 0.609. The number of urea groups is 1. The molecule has 0 bridgehead atoms. The van der Waals surface area contributed by atoms with Crippen molar-refractivity contribution in [1.82, 2.24) is 9.80 Å². The topological polar surface area (TPSA) is 79.0 Å². The van der Waals surface area contributed by atoms with Crippen molar-refractivity contribution in [3.63, 3.8) is 0 Å². The zero-order chi connectivity index (χ0) is 16.4. The Morgan fingerprint density at radius 2 is 2.13 bits per heavy atom. The van der Waals surface area contributed by atoms with E-state index in [2.05, 4.69) is 5.32 Å². The first kappa shape index (κ1) is 15.7. The Morgan fingerprint density at radius 3 is 2.83 bits per heavy atom. The lowest BCUT2D eigenvalue weighted by Crippen LogP contribution is -2.42. The minimum absolute atomic E-state index is 0.169. The normalized spacial score (nSPS) is 21.0. The molecule has 2 fully saturated rings. The molecule has 1 atom stereocenters. The van der Waals surface area contributed by atoms with Crippen molar-refractivity contribution in [2.45, 2.75) is 12.5 Å². The second-order valence-corrected chi connectivity index (χ2v) is 6.26. The molecule has 0 spiro atoms. The van der Waals surface area contributed by atoms with E-state index >= 15 is 0 Å². The van der Waals surface area contributed by atoms with Crippen LogP contribution in [0.25, 0.3) is 0 Å². The van der Waals surface area contributed by atoms with Gasteiger partial charge in [0.1, 0.15) is 5.75 Å². The molecule has 8 heteroatoms. The summed E-state index contributed by atoms with van der Waals surface area (Å²) in [4.78, 5) is 38.8. The van der Waals surface area contributed by atoms with Crippen LogP contribution < -0.4 is 10.1 Å². The highest BCUT2D eigenvalue weighted by atomic mass is 32.2. The summed E-state index contributed by atoms with van der Waals surface area (Å²) in [7, 11) is 1.54. The zero-order valence-corrected chi connectivity index (χ0v) is 13.5. The van der Waals surface area contributed by atoms with Crippen molar-refractivity contribution in [3.8, 4) is 5.75 Å². The minimum Gasteiger partial charge on any atom is -0.495 e. The highest BCUT2D eigenvalue weighted by Gasteiger charge is 2.40. The molecule has 2 aliphatic rings. The van der Waals surface area contributed by atoms with Crippen LogP contribution in [-0.4, -0.2) is 59.0 Å². The van der Waals surface area contributed by atoms with Crippen LogP contribution in [0.1, 0.15) is 6.42 Å². The largest absolute Gasteiger partial charge is 0.495 e. The fourth-order valence-corrected chi connectivity index (χ4v) is 3.57. The first-order valence-corrected chi connectivity index (χ1v) is 8.26. The standard InChI is InChI=1S/C15H17N3O4S/c1-22-12-5-3-2-4-11(12)16-14(20)17-7-6-10(8-17)18-13(19)9-23-15(18)21/h2-5,10H,6-9H2,1H3,(H,16,20). The number of amides is 4. The van der Waals surface area contributed by atoms with Crippen molar-refractivity contribution in [3.05, 3.63) is 24.3 Å². The van der Waals surface area contributed by atoms with Crippen LogP contribution in [0, 0.1) is 0 Å². The number of imide groups is 1. The van der Waals surface area contributed by atoms with Crippen LogP contribution >= 0.6 is 11.8 Å². The molecular weight excluding hydrogens is 318 g/mol. The summed E-state index contributed by atoms with van der Waals surface area (Å²) in [5.74, 6) is 0.609. The number of anilines is 1. The summed E-state index contributed by atoms with van der Waals surface area (Å²) < 4.78 is 5.21. The third kappa shape index (κ3) is 3.12. The number of thioether (sulfide) groups is 1. The summed E-state index contributed by atoms with van der Waals surface area (Å²) in [5, 5.41) is 2.59. The van der Waals surface area contributed by atoms with Gasteiger partial charge in [-0.15, -0.1) is 0 Å². The molecule has 122 valence electrons. The Morgan fingerprint density at radius 1 is 1.35 bits per heavy atom. The highest BCUT2D eigenvalue weighted by Crippen LogP contribution is 2.27. The number of nitrogens with one attached hydrogen (secondary N) is 1. The molecule has 0 radical (unpaired) electrons. The number of hydrogen-bond donors (Lipinski definition) is 1. The van der Waals surface area contributed by atoms with Gasteiger partial charge < -0.3 is 15.0 Å². The molecule has 2 heterocycles. The number of nitrogens with zero attached hydrogens (tertiary/aromatic N) is 2. The molecule has 0 saturated carbocycles. The van der Waals surface area contributed by atoms with Gasteiger partial charge in [0, 0.05) is 13.1 Å². The summed E-state index contributed by atoms with van der Waals surface area (Å²) >= 11 is 1.02. The smallest absolute Gasteiger partial charge is 0.322 e. The number of carbonyl (C=O) groups excluding carboxylic acids is 3. The molecule has 1 N–H and O–H groups in total. The van der Waals surface area contributed by atoms with E-state index in [1.165, 1.54) is 4.90 Å². The molecule has 4 amide bonds. The van der Waals surface area contributed by atoms with Crippen molar-refractivity contribution in [2.24, 2.45) is 0 Å². The van der Waals surface area contributed by atoms with E-state index in [-0.39, 0.29) is 29.0 Å². The maximum Gasteiger partial charge on any atom is 0.322 e. The lowest BCUT2D eigenvalue weighted by atomic mass is 10.2. The second kappa shape index (κ2) is 6.49. The van der Waals surface area contributed by atoms with Gasteiger partial charge in [-0.25, -0.2) is 4.79 Å². The molecular formula is C15H17N3O4S. The average Bonchev–Trinajstić information content (AvgIpc) is 3.14. The first-order chi connectivity index (χ1) is 11.1. The maximum absolute atomic E-state index is 12.4. The van der Waals surface area contributed by atoms with Crippen molar-refractivity contribution in [2.75, 3.05) is 31.3 Å². The van der Waals surface area contributed by atoms with Gasteiger partial charge in [0.2, 0.25) is 5.91 Å². The van der Waals surface area contributed by atoms with Gasteiger partial charge in [-0.1, -0.05) is 23.9 Å². The van der Waals surface area contributed by atoms with E-state index in [4.69, 9.17) is 4.74 Å². The number of para-hydroxylation sites is 2. The lowest BCUT2D eigenvalue weighted by molar-refractivity contribution is -0.126. The first-order valence-electron chi connectivity index (χ1n) is 7.28. The molecule has 1 aromatic rings. The summed E-state index contributed by atoms with van der Waals surface area (Å²) in [6, 6.07) is 6.67. The second-order valence-electron chi connectivity index (χ2n) is 5.34. The Hall–Kier alpha value is -2.22. The molecule has 1 unspecified atom stereocenters. The van der Waals surface area contributed by atoms with Gasteiger partial charge in [-0.2, -0.15) is 0 Å². The SMILES string of the molecule is COc1ccccc1NC(=O)N1CCC(N2C(=O)CSC2=O)C1. The number of likely N-dealkylation sites (tertiary alicyclic amines) is 1. The number of methoxy groups -OCH3 is 1. The van der Waals surface area contributed by atoms with Gasteiger partial charge in [-0.3, -0.25) is 14.5 Å². The number of benzene rings is 1. The third-order valence-electron chi connectivity index (χ3n) is 3.95. The Kier molecular flexibility index (Phi) is 4.42. The van der Waals surface area contributed by atoms with Crippen LogP contribution in [0.15, 0.2) is 24.3 Å². The van der Waals surface area contributed by atoms with Gasteiger partial charge in [0.25, 0.3) is 5.24 Å². The van der Waals surface area contributed by atoms with Crippen LogP contribution in [0.4, 0.5) is 15.3 Å². The minimum atomic E-state index is -0.260. The predicted octanol–water partition coefficient (Wildman–Crippen LogP) is 2.00. The highest BCUT2D eigenvalue weighted by molar-refractivity contribution is 8.14. The molecule has 0 aromatic heterocycles. The van der Waals surface area contributed by atoms with E-state index in [1.54, 1.807) is 24.1 Å². The summed E-state index contributed by atoms with van der Waals surface area (Å²) in [5.41, 5.74) is 0.590.